The standard InChI is InChI=1S/C15H10F2N2O/c16-12-3-1-10(2-4-12)7-15(20)19-13-5-6-14(17)11(8-13)9-18/h1-6,8H,7H2,(H,19,20). The van der Waals surface area contributed by atoms with Gasteiger partial charge >= 0.3 is 0 Å². The van der Waals surface area contributed by atoms with Crippen molar-refractivity contribution in [1.82, 2.24) is 0 Å². The smallest absolute Gasteiger partial charge is 0.228 e. The molecule has 0 aliphatic carbocycles. The van der Waals surface area contributed by atoms with Gasteiger partial charge in [-0.05, 0) is 35.9 Å². The molecule has 5 heteroatoms. The summed E-state index contributed by atoms with van der Waals surface area (Å²) in [6.45, 7) is 0. The Morgan fingerprint density at radius 3 is 2.50 bits per heavy atom. The van der Waals surface area contributed by atoms with Crippen molar-refractivity contribution in [3.05, 3.63) is 65.2 Å². The second kappa shape index (κ2) is 5.93. The van der Waals surface area contributed by atoms with E-state index in [9.17, 15) is 13.6 Å². The number of halogens is 2. The molecule has 2 rings (SSSR count). The molecule has 0 saturated heterocycles. The van der Waals surface area contributed by atoms with Gasteiger partial charge in [0.2, 0.25) is 5.91 Å². The second-order valence-corrected chi connectivity index (χ2v) is 4.16. The predicted molar refractivity (Wildman–Crippen MR) is 69.8 cm³/mol. The lowest BCUT2D eigenvalue weighted by molar-refractivity contribution is -0.115. The van der Waals surface area contributed by atoms with Gasteiger partial charge in [-0.15, -0.1) is 0 Å². The molecule has 0 fully saturated rings. The maximum Gasteiger partial charge on any atom is 0.228 e. The summed E-state index contributed by atoms with van der Waals surface area (Å²) in [6.07, 6.45) is 0.0690. The van der Waals surface area contributed by atoms with Crippen LogP contribution >= 0.6 is 0 Å². The molecule has 0 aliphatic rings. The summed E-state index contributed by atoms with van der Waals surface area (Å²) in [6, 6.07) is 11.0. The van der Waals surface area contributed by atoms with Crippen LogP contribution in [-0.2, 0) is 11.2 Å². The largest absolute Gasteiger partial charge is 0.326 e. The van der Waals surface area contributed by atoms with Gasteiger partial charge in [-0.1, -0.05) is 12.1 Å². The van der Waals surface area contributed by atoms with Crippen molar-refractivity contribution in [1.29, 1.82) is 5.26 Å². The van der Waals surface area contributed by atoms with Crippen LogP contribution in [0.5, 0.6) is 0 Å². The van der Waals surface area contributed by atoms with Gasteiger partial charge in [0.15, 0.2) is 0 Å². The summed E-state index contributed by atoms with van der Waals surface area (Å²) in [7, 11) is 0. The first-order valence-electron chi connectivity index (χ1n) is 5.82. The Bertz CT molecular complexity index is 675. The first-order valence-corrected chi connectivity index (χ1v) is 5.82. The van der Waals surface area contributed by atoms with Crippen LogP contribution < -0.4 is 5.32 Å². The van der Waals surface area contributed by atoms with E-state index in [2.05, 4.69) is 5.32 Å². The van der Waals surface area contributed by atoms with Crippen LogP contribution in [0.3, 0.4) is 0 Å². The fraction of sp³-hybridized carbons (Fsp3) is 0.0667. The van der Waals surface area contributed by atoms with Crippen LogP contribution in [0.1, 0.15) is 11.1 Å². The Balaban J connectivity index is 2.05. The third-order valence-electron chi connectivity index (χ3n) is 2.65. The molecule has 3 nitrogen and oxygen atoms in total. The second-order valence-electron chi connectivity index (χ2n) is 4.16. The van der Waals surface area contributed by atoms with E-state index in [1.807, 2.05) is 0 Å². The van der Waals surface area contributed by atoms with Crippen LogP contribution in [0, 0.1) is 23.0 Å². The number of hydrogen-bond acceptors (Lipinski definition) is 2. The van der Waals surface area contributed by atoms with Crippen molar-refractivity contribution in [3.63, 3.8) is 0 Å². The number of benzene rings is 2. The first kappa shape index (κ1) is 13.7. The van der Waals surface area contributed by atoms with Gasteiger partial charge in [-0.3, -0.25) is 4.79 Å². The minimum atomic E-state index is -0.635. The van der Waals surface area contributed by atoms with Gasteiger partial charge in [0.1, 0.15) is 17.7 Å². The van der Waals surface area contributed by atoms with Gasteiger partial charge in [-0.2, -0.15) is 5.26 Å². The number of nitrogens with one attached hydrogen (secondary N) is 1. The van der Waals surface area contributed by atoms with Crippen LogP contribution in [-0.4, -0.2) is 5.91 Å². The maximum atomic E-state index is 13.1. The van der Waals surface area contributed by atoms with Crippen LogP contribution in [0.15, 0.2) is 42.5 Å². The number of anilines is 1. The van der Waals surface area contributed by atoms with Gasteiger partial charge in [0.05, 0.1) is 12.0 Å². The molecule has 0 heterocycles. The summed E-state index contributed by atoms with van der Waals surface area (Å²) >= 11 is 0. The van der Waals surface area contributed by atoms with E-state index in [4.69, 9.17) is 5.26 Å². The summed E-state index contributed by atoms with van der Waals surface area (Å²) in [5.41, 5.74) is 0.867. The molecule has 0 bridgehead atoms. The lowest BCUT2D eigenvalue weighted by atomic mass is 10.1. The van der Waals surface area contributed by atoms with Gasteiger partial charge in [0.25, 0.3) is 0 Å². The molecule has 2 aromatic carbocycles. The van der Waals surface area contributed by atoms with Crippen molar-refractivity contribution >= 4 is 11.6 Å². The highest BCUT2D eigenvalue weighted by Gasteiger charge is 2.07. The molecule has 0 atom stereocenters. The molecule has 1 N–H and O–H groups in total. The van der Waals surface area contributed by atoms with E-state index in [1.54, 1.807) is 6.07 Å². The van der Waals surface area contributed by atoms with Crippen molar-refractivity contribution in [2.24, 2.45) is 0 Å². The van der Waals surface area contributed by atoms with Crippen molar-refractivity contribution < 1.29 is 13.6 Å². The average Bonchev–Trinajstić information content (AvgIpc) is 2.43. The molecule has 100 valence electrons. The Labute approximate surface area is 114 Å². The molecule has 0 unspecified atom stereocenters. The van der Waals surface area contributed by atoms with Crippen LogP contribution in [0.4, 0.5) is 14.5 Å². The molecule has 0 aliphatic heterocycles. The minimum absolute atomic E-state index is 0.0690. The van der Waals surface area contributed by atoms with Gasteiger partial charge < -0.3 is 5.32 Å². The Morgan fingerprint density at radius 2 is 1.85 bits per heavy atom. The third-order valence-corrected chi connectivity index (χ3v) is 2.65. The molecule has 20 heavy (non-hydrogen) atoms. The fourth-order valence-corrected chi connectivity index (χ4v) is 1.68. The fourth-order valence-electron chi connectivity index (χ4n) is 1.68. The molecule has 1 amide bonds. The van der Waals surface area contributed by atoms with E-state index in [-0.39, 0.29) is 23.7 Å². The highest BCUT2D eigenvalue weighted by molar-refractivity contribution is 5.92. The van der Waals surface area contributed by atoms with E-state index in [1.165, 1.54) is 36.4 Å². The summed E-state index contributed by atoms with van der Waals surface area (Å²) < 4.78 is 25.8. The quantitative estimate of drug-likeness (QED) is 0.933. The normalized spacial score (nSPS) is 9.85. The first-order chi connectivity index (χ1) is 9.58. The van der Waals surface area contributed by atoms with Crippen LogP contribution in [0.2, 0.25) is 0 Å². The number of nitrogens with zero attached hydrogens (tertiary/aromatic N) is 1. The average molecular weight is 272 g/mol. The zero-order valence-corrected chi connectivity index (χ0v) is 10.4. The topological polar surface area (TPSA) is 52.9 Å². The summed E-state index contributed by atoms with van der Waals surface area (Å²) in [4.78, 5) is 11.8. The predicted octanol–water partition coefficient (Wildman–Crippen LogP) is 3.02. The number of rotatable bonds is 3. The summed E-state index contributed by atoms with van der Waals surface area (Å²) in [5.74, 6) is -1.33. The zero-order chi connectivity index (χ0) is 14.5. The maximum absolute atomic E-state index is 13.1. The molecule has 0 radical (unpaired) electrons. The number of amides is 1. The number of nitriles is 1. The monoisotopic (exact) mass is 272 g/mol. The van der Waals surface area contributed by atoms with E-state index in [0.29, 0.717) is 11.3 Å². The molecule has 2 aromatic rings. The van der Waals surface area contributed by atoms with Gasteiger partial charge in [0, 0.05) is 5.69 Å². The van der Waals surface area contributed by atoms with Crippen molar-refractivity contribution in [3.8, 4) is 6.07 Å². The number of hydrogen-bond donors (Lipinski definition) is 1. The lowest BCUT2D eigenvalue weighted by Gasteiger charge is -2.06. The third kappa shape index (κ3) is 3.39. The molecule has 0 spiro atoms. The molecule has 0 aromatic heterocycles. The van der Waals surface area contributed by atoms with E-state index in [0.717, 1.165) is 6.07 Å². The molecular formula is C15H10F2N2O. The Kier molecular flexibility index (Phi) is 4.06. The van der Waals surface area contributed by atoms with Crippen molar-refractivity contribution in [2.75, 3.05) is 5.32 Å². The lowest BCUT2D eigenvalue weighted by Crippen LogP contribution is -2.14. The SMILES string of the molecule is N#Cc1cc(NC(=O)Cc2ccc(F)cc2)ccc1F. The van der Waals surface area contributed by atoms with E-state index >= 15 is 0 Å². The zero-order valence-electron chi connectivity index (χ0n) is 10.4. The van der Waals surface area contributed by atoms with Crippen molar-refractivity contribution in [2.45, 2.75) is 6.42 Å². The highest BCUT2D eigenvalue weighted by atomic mass is 19.1. The minimum Gasteiger partial charge on any atom is -0.326 e. The van der Waals surface area contributed by atoms with Crippen LogP contribution in [0.25, 0.3) is 0 Å². The highest BCUT2D eigenvalue weighted by Crippen LogP contribution is 2.14. The summed E-state index contributed by atoms with van der Waals surface area (Å²) in [5, 5.41) is 11.3. The Hall–Kier alpha value is -2.74. The van der Waals surface area contributed by atoms with Gasteiger partial charge in [-0.25, -0.2) is 8.78 Å². The molecule has 0 saturated carbocycles. The number of carbonyl (C=O) groups is 1. The molecular weight excluding hydrogens is 262 g/mol. The number of carbonyl (C=O) groups excluding carboxylic acids is 1. The Morgan fingerprint density at radius 1 is 1.15 bits per heavy atom. The van der Waals surface area contributed by atoms with E-state index < -0.39 is 5.82 Å².